The van der Waals surface area contributed by atoms with Crippen LogP contribution < -0.4 is 9.62 Å². The van der Waals surface area contributed by atoms with Gasteiger partial charge in [-0.2, -0.15) is 0 Å². The number of nitrogens with zero attached hydrogens (tertiary/aromatic N) is 2. The standard InChI is InChI=1S/C26H29N3O4S/c1-3-27-26(31)19(2)28(18-20-10-5-4-6-11-20)24(30)16-9-17-29-22-14-7-12-21-13-8-15-23(25(21)22)34(29,32)33/h4-8,10-15,19H,3,9,16-18H2,1-2H3,(H,27,31). The van der Waals surface area contributed by atoms with E-state index in [0.717, 1.165) is 16.3 Å². The van der Waals surface area contributed by atoms with Gasteiger partial charge in [0.2, 0.25) is 11.8 Å². The quantitative estimate of drug-likeness (QED) is 0.507. The minimum Gasteiger partial charge on any atom is -0.355 e. The Balaban J connectivity index is 1.49. The van der Waals surface area contributed by atoms with Crippen LogP contribution in [0.1, 0.15) is 32.3 Å². The minimum atomic E-state index is -3.66. The fourth-order valence-electron chi connectivity index (χ4n) is 4.40. The number of carbonyl (C=O) groups excluding carboxylic acids is 2. The fraction of sp³-hybridized carbons (Fsp3) is 0.308. The van der Waals surface area contributed by atoms with Crippen LogP contribution in [0.25, 0.3) is 10.8 Å². The van der Waals surface area contributed by atoms with Crippen molar-refractivity contribution in [2.45, 2.75) is 44.2 Å². The molecule has 7 nitrogen and oxygen atoms in total. The number of anilines is 1. The van der Waals surface area contributed by atoms with E-state index in [9.17, 15) is 18.0 Å². The van der Waals surface area contributed by atoms with Crippen molar-refractivity contribution >= 4 is 38.3 Å². The summed E-state index contributed by atoms with van der Waals surface area (Å²) in [5, 5.41) is 4.38. The molecule has 0 saturated carbocycles. The molecule has 1 aliphatic heterocycles. The second-order valence-corrected chi connectivity index (χ2v) is 10.2. The number of amides is 2. The van der Waals surface area contributed by atoms with Crippen LogP contribution in [0.3, 0.4) is 0 Å². The van der Waals surface area contributed by atoms with E-state index in [1.54, 1.807) is 30.0 Å². The van der Waals surface area contributed by atoms with Crippen LogP contribution in [0.15, 0.2) is 71.6 Å². The summed E-state index contributed by atoms with van der Waals surface area (Å²) in [5.74, 6) is -0.397. The predicted octanol–water partition coefficient (Wildman–Crippen LogP) is 3.68. The van der Waals surface area contributed by atoms with Gasteiger partial charge in [-0.05, 0) is 43.4 Å². The van der Waals surface area contributed by atoms with E-state index >= 15 is 0 Å². The lowest BCUT2D eigenvalue weighted by Gasteiger charge is -2.29. The van der Waals surface area contributed by atoms with Gasteiger partial charge in [0.25, 0.3) is 10.0 Å². The molecule has 0 bridgehead atoms. The number of nitrogens with one attached hydrogen (secondary N) is 1. The van der Waals surface area contributed by atoms with Crippen molar-refractivity contribution in [1.29, 1.82) is 0 Å². The molecule has 0 aromatic heterocycles. The highest BCUT2D eigenvalue weighted by Crippen LogP contribution is 2.42. The highest BCUT2D eigenvalue weighted by molar-refractivity contribution is 7.93. The zero-order valence-electron chi connectivity index (χ0n) is 19.4. The van der Waals surface area contributed by atoms with E-state index in [4.69, 9.17) is 0 Å². The number of hydrogen-bond acceptors (Lipinski definition) is 4. The highest BCUT2D eigenvalue weighted by atomic mass is 32.2. The maximum absolute atomic E-state index is 13.2. The monoisotopic (exact) mass is 479 g/mol. The summed E-state index contributed by atoms with van der Waals surface area (Å²) in [5.41, 5.74) is 1.58. The SMILES string of the molecule is CCNC(=O)C(C)N(Cc1ccccc1)C(=O)CCCN1c2cccc3cccc(c23)S1(=O)=O. The zero-order valence-corrected chi connectivity index (χ0v) is 20.2. The number of carbonyl (C=O) groups is 2. The largest absolute Gasteiger partial charge is 0.355 e. The highest BCUT2D eigenvalue weighted by Gasteiger charge is 2.35. The van der Waals surface area contributed by atoms with E-state index in [1.165, 1.54) is 4.31 Å². The first-order chi connectivity index (χ1) is 16.3. The third-order valence-electron chi connectivity index (χ3n) is 6.15. The average molecular weight is 480 g/mol. The Morgan fingerprint density at radius 3 is 2.41 bits per heavy atom. The Morgan fingerprint density at radius 1 is 1.00 bits per heavy atom. The van der Waals surface area contributed by atoms with E-state index < -0.39 is 16.1 Å². The summed E-state index contributed by atoms with van der Waals surface area (Å²) in [4.78, 5) is 27.6. The molecule has 178 valence electrons. The molecule has 0 fully saturated rings. The molecule has 0 radical (unpaired) electrons. The van der Waals surface area contributed by atoms with Crippen LogP contribution in [0.4, 0.5) is 5.69 Å². The number of rotatable bonds is 9. The molecule has 8 heteroatoms. The smallest absolute Gasteiger partial charge is 0.265 e. The number of benzene rings is 3. The average Bonchev–Trinajstić information content (AvgIpc) is 3.06. The van der Waals surface area contributed by atoms with Crippen LogP contribution in [0, 0.1) is 0 Å². The van der Waals surface area contributed by atoms with Crippen molar-refractivity contribution in [3.63, 3.8) is 0 Å². The van der Waals surface area contributed by atoms with Gasteiger partial charge in [-0.15, -0.1) is 0 Å². The lowest BCUT2D eigenvalue weighted by Crippen LogP contribution is -2.47. The van der Waals surface area contributed by atoms with Crippen molar-refractivity contribution in [2.24, 2.45) is 0 Å². The lowest BCUT2D eigenvalue weighted by atomic mass is 10.1. The molecule has 0 aliphatic carbocycles. The lowest BCUT2D eigenvalue weighted by molar-refractivity contribution is -0.140. The van der Waals surface area contributed by atoms with Crippen molar-refractivity contribution in [1.82, 2.24) is 10.2 Å². The maximum atomic E-state index is 13.2. The van der Waals surface area contributed by atoms with Gasteiger partial charge >= 0.3 is 0 Å². The summed E-state index contributed by atoms with van der Waals surface area (Å²) in [6, 6.07) is 19.7. The first-order valence-corrected chi connectivity index (χ1v) is 12.9. The van der Waals surface area contributed by atoms with Gasteiger partial charge in [0.15, 0.2) is 0 Å². The van der Waals surface area contributed by atoms with Crippen molar-refractivity contribution in [3.8, 4) is 0 Å². The van der Waals surface area contributed by atoms with Crippen molar-refractivity contribution in [2.75, 3.05) is 17.4 Å². The molecule has 1 atom stereocenters. The minimum absolute atomic E-state index is 0.134. The second kappa shape index (κ2) is 9.85. The molecule has 1 unspecified atom stereocenters. The van der Waals surface area contributed by atoms with E-state index in [1.807, 2.05) is 55.5 Å². The number of likely N-dealkylation sites (N-methyl/N-ethyl adjacent to an activating group) is 1. The fourth-order valence-corrected chi connectivity index (χ4v) is 6.15. The Bertz CT molecular complexity index is 1300. The second-order valence-electron chi connectivity index (χ2n) is 8.39. The van der Waals surface area contributed by atoms with Crippen LogP contribution in [0.2, 0.25) is 0 Å². The molecule has 3 aromatic carbocycles. The Kier molecular flexibility index (Phi) is 6.88. The van der Waals surface area contributed by atoms with Gasteiger partial charge in [0.1, 0.15) is 6.04 Å². The number of sulfonamides is 1. The third kappa shape index (κ3) is 4.50. The van der Waals surface area contributed by atoms with Crippen LogP contribution in [-0.4, -0.2) is 44.3 Å². The molecule has 1 aliphatic rings. The summed E-state index contributed by atoms with van der Waals surface area (Å²) in [6.45, 7) is 4.54. The molecule has 1 N–H and O–H groups in total. The third-order valence-corrected chi connectivity index (χ3v) is 8.00. The van der Waals surface area contributed by atoms with Crippen LogP contribution in [-0.2, 0) is 26.2 Å². The molecule has 34 heavy (non-hydrogen) atoms. The molecule has 1 heterocycles. The predicted molar refractivity (Wildman–Crippen MR) is 133 cm³/mol. The normalized spacial score (nSPS) is 14.7. The summed E-state index contributed by atoms with van der Waals surface area (Å²) < 4.78 is 27.7. The van der Waals surface area contributed by atoms with E-state index in [2.05, 4.69) is 5.32 Å². The van der Waals surface area contributed by atoms with Gasteiger partial charge in [0, 0.05) is 31.4 Å². The van der Waals surface area contributed by atoms with Gasteiger partial charge in [-0.25, -0.2) is 8.42 Å². The first-order valence-electron chi connectivity index (χ1n) is 11.5. The summed E-state index contributed by atoms with van der Waals surface area (Å²) in [6.07, 6.45) is 0.477. The van der Waals surface area contributed by atoms with E-state index in [0.29, 0.717) is 30.1 Å². The first kappa shape index (κ1) is 23.8. The van der Waals surface area contributed by atoms with Crippen molar-refractivity contribution < 1.29 is 18.0 Å². The molecule has 2 amide bonds. The summed E-state index contributed by atoms with van der Waals surface area (Å²) in [7, 11) is -3.66. The molecule has 0 saturated heterocycles. The molecular weight excluding hydrogens is 450 g/mol. The van der Waals surface area contributed by atoms with E-state index in [-0.39, 0.29) is 24.8 Å². The maximum Gasteiger partial charge on any atom is 0.265 e. The number of hydrogen-bond donors (Lipinski definition) is 1. The van der Waals surface area contributed by atoms with Crippen molar-refractivity contribution in [3.05, 3.63) is 72.3 Å². The zero-order chi connectivity index (χ0) is 24.3. The van der Waals surface area contributed by atoms with Gasteiger partial charge in [-0.1, -0.05) is 54.6 Å². The van der Waals surface area contributed by atoms with Gasteiger partial charge < -0.3 is 10.2 Å². The van der Waals surface area contributed by atoms with Crippen LogP contribution >= 0.6 is 0 Å². The van der Waals surface area contributed by atoms with Gasteiger partial charge in [0.05, 0.1) is 10.6 Å². The molecule has 0 spiro atoms. The van der Waals surface area contributed by atoms with Gasteiger partial charge in [-0.3, -0.25) is 13.9 Å². The molecular formula is C26H29N3O4S. The summed E-state index contributed by atoms with van der Waals surface area (Å²) >= 11 is 0. The topological polar surface area (TPSA) is 86.8 Å². The molecule has 3 aromatic rings. The van der Waals surface area contributed by atoms with Crippen LogP contribution in [0.5, 0.6) is 0 Å². The Morgan fingerprint density at radius 2 is 1.71 bits per heavy atom. The Labute approximate surface area is 200 Å². The molecule has 4 rings (SSSR count). The Hall–Kier alpha value is -3.39.